The molecule has 3 rings (SSSR count). The molecule has 0 unspecified atom stereocenters. The third-order valence-electron chi connectivity index (χ3n) is 4.33. The molecular weight excluding hydrogens is 460 g/mol. The molecule has 0 fully saturated rings. The Morgan fingerprint density at radius 1 is 1.09 bits per heavy atom. The average molecular weight is 485 g/mol. The molecule has 0 saturated carbocycles. The van der Waals surface area contributed by atoms with Crippen LogP contribution in [0.1, 0.15) is 12.5 Å². The summed E-state index contributed by atoms with van der Waals surface area (Å²) >= 11 is 0.838. The van der Waals surface area contributed by atoms with Crippen LogP contribution in [0.4, 0.5) is 0 Å². The summed E-state index contributed by atoms with van der Waals surface area (Å²) in [5.41, 5.74) is 1.18. The quantitative estimate of drug-likeness (QED) is 0.215. The molecule has 1 N–H and O–H groups in total. The second-order valence-corrected chi connectivity index (χ2v) is 7.62. The third kappa shape index (κ3) is 6.32. The second kappa shape index (κ2) is 11.8. The summed E-state index contributed by atoms with van der Waals surface area (Å²) in [5, 5.41) is 17.8. The number of aromatic nitrogens is 2. The Balaban J connectivity index is 1.86. The molecule has 3 aromatic rings. The van der Waals surface area contributed by atoms with E-state index in [1.807, 2.05) is 6.92 Å². The van der Waals surface area contributed by atoms with E-state index in [2.05, 4.69) is 16.8 Å². The van der Waals surface area contributed by atoms with Crippen molar-refractivity contribution >= 4 is 23.8 Å². The van der Waals surface area contributed by atoms with Gasteiger partial charge in [-0.05, 0) is 54.6 Å². The summed E-state index contributed by atoms with van der Waals surface area (Å²) in [4.78, 5) is 11.9. The molecule has 0 atom stereocenters. The highest BCUT2D eigenvalue weighted by Gasteiger charge is 2.17. The lowest BCUT2D eigenvalue weighted by Gasteiger charge is -2.11. The van der Waals surface area contributed by atoms with Gasteiger partial charge in [0.2, 0.25) is 5.89 Å². The number of ether oxygens (including phenoxy) is 4. The standard InChI is InChI=1S/C24H24N2O7S/c1-5-9-32-19-8-7-15(10-20(19)31-6-2)11-21(23(27)28)34-24-26-25-22(33-24)16-12-17(29-3)14-18(13-16)30-4/h5,7-8,10-14H,1,6,9H2,2-4H3,(H,27,28)/b21-11-. The first kappa shape index (κ1) is 24.7. The number of thioether (sulfide) groups is 1. The summed E-state index contributed by atoms with van der Waals surface area (Å²) in [7, 11) is 3.07. The van der Waals surface area contributed by atoms with Crippen LogP contribution in [0.25, 0.3) is 17.5 Å². The molecule has 0 aliphatic heterocycles. The van der Waals surface area contributed by atoms with Crippen molar-refractivity contribution in [1.29, 1.82) is 0 Å². The molecule has 0 radical (unpaired) electrons. The van der Waals surface area contributed by atoms with E-state index in [-0.39, 0.29) is 16.0 Å². The molecule has 2 aromatic carbocycles. The largest absolute Gasteiger partial charge is 0.497 e. The van der Waals surface area contributed by atoms with Crippen molar-refractivity contribution in [2.75, 3.05) is 27.4 Å². The Morgan fingerprint density at radius 2 is 1.82 bits per heavy atom. The van der Waals surface area contributed by atoms with Gasteiger partial charge in [-0.2, -0.15) is 0 Å². The monoisotopic (exact) mass is 484 g/mol. The van der Waals surface area contributed by atoms with Crippen molar-refractivity contribution in [1.82, 2.24) is 10.2 Å². The lowest BCUT2D eigenvalue weighted by atomic mass is 10.2. The fraction of sp³-hybridized carbons (Fsp3) is 0.208. The van der Waals surface area contributed by atoms with E-state index in [0.29, 0.717) is 47.3 Å². The normalized spacial score (nSPS) is 11.1. The Labute approximate surface area is 201 Å². The van der Waals surface area contributed by atoms with Crippen LogP contribution in [0.15, 0.2) is 63.6 Å². The van der Waals surface area contributed by atoms with E-state index in [9.17, 15) is 9.90 Å². The molecule has 0 saturated heterocycles. The van der Waals surface area contributed by atoms with Crippen LogP contribution in [0.5, 0.6) is 23.0 Å². The van der Waals surface area contributed by atoms with Gasteiger partial charge in [0.15, 0.2) is 11.5 Å². The van der Waals surface area contributed by atoms with E-state index < -0.39 is 5.97 Å². The van der Waals surface area contributed by atoms with Crippen LogP contribution < -0.4 is 18.9 Å². The van der Waals surface area contributed by atoms with Gasteiger partial charge in [0, 0.05) is 11.6 Å². The number of methoxy groups -OCH3 is 2. The summed E-state index contributed by atoms with van der Waals surface area (Å²) in [6.07, 6.45) is 3.12. The molecular formula is C24H24N2O7S. The zero-order valence-electron chi connectivity index (χ0n) is 18.9. The van der Waals surface area contributed by atoms with E-state index in [0.717, 1.165) is 11.8 Å². The van der Waals surface area contributed by atoms with Crippen LogP contribution in [-0.4, -0.2) is 48.7 Å². The molecule has 1 heterocycles. The number of hydrogen-bond donors (Lipinski definition) is 1. The number of carboxylic acid groups (broad SMARTS) is 1. The molecule has 10 heteroatoms. The first-order valence-corrected chi connectivity index (χ1v) is 11.0. The Kier molecular flexibility index (Phi) is 8.58. The maximum atomic E-state index is 11.9. The van der Waals surface area contributed by atoms with Gasteiger partial charge in [0.05, 0.1) is 20.8 Å². The first-order valence-electron chi connectivity index (χ1n) is 10.2. The summed E-state index contributed by atoms with van der Waals surface area (Å²) in [6.45, 7) is 6.23. The van der Waals surface area contributed by atoms with Gasteiger partial charge in [-0.3, -0.25) is 0 Å². The topological polar surface area (TPSA) is 113 Å². The predicted octanol–water partition coefficient (Wildman–Crippen LogP) is 4.94. The van der Waals surface area contributed by atoms with Crippen molar-refractivity contribution < 1.29 is 33.3 Å². The predicted molar refractivity (Wildman–Crippen MR) is 128 cm³/mol. The number of carboxylic acids is 1. The molecule has 178 valence electrons. The maximum Gasteiger partial charge on any atom is 0.342 e. The second-order valence-electron chi connectivity index (χ2n) is 6.63. The SMILES string of the molecule is C=CCOc1ccc(/C=C(\Sc2nnc(-c3cc(OC)cc(OC)c3)o2)C(=O)O)cc1OCC. The van der Waals surface area contributed by atoms with E-state index in [4.69, 9.17) is 23.4 Å². The van der Waals surface area contributed by atoms with Gasteiger partial charge < -0.3 is 28.5 Å². The lowest BCUT2D eigenvalue weighted by molar-refractivity contribution is -0.131. The van der Waals surface area contributed by atoms with Gasteiger partial charge in [0.1, 0.15) is 23.0 Å². The number of benzene rings is 2. The van der Waals surface area contributed by atoms with Crippen molar-refractivity contribution in [2.24, 2.45) is 0 Å². The molecule has 0 amide bonds. The smallest absolute Gasteiger partial charge is 0.342 e. The average Bonchev–Trinajstić information content (AvgIpc) is 3.31. The van der Waals surface area contributed by atoms with Crippen LogP contribution in [0, 0.1) is 0 Å². The van der Waals surface area contributed by atoms with Crippen molar-refractivity contribution in [3.8, 4) is 34.5 Å². The number of nitrogens with zero attached hydrogens (tertiary/aromatic N) is 2. The first-order chi connectivity index (χ1) is 16.5. The van der Waals surface area contributed by atoms with Crippen LogP contribution in [-0.2, 0) is 4.79 Å². The minimum Gasteiger partial charge on any atom is -0.497 e. The highest BCUT2D eigenvalue weighted by atomic mass is 32.2. The van der Waals surface area contributed by atoms with Crippen LogP contribution >= 0.6 is 11.8 Å². The number of carbonyl (C=O) groups is 1. The van der Waals surface area contributed by atoms with Crippen molar-refractivity contribution in [2.45, 2.75) is 12.1 Å². The summed E-state index contributed by atoms with van der Waals surface area (Å²) in [5.74, 6) is 1.21. The Morgan fingerprint density at radius 3 is 2.44 bits per heavy atom. The van der Waals surface area contributed by atoms with E-state index >= 15 is 0 Å². The van der Waals surface area contributed by atoms with Gasteiger partial charge in [-0.25, -0.2) is 4.79 Å². The fourth-order valence-electron chi connectivity index (χ4n) is 2.83. The molecule has 1 aromatic heterocycles. The number of rotatable bonds is 12. The van der Waals surface area contributed by atoms with Gasteiger partial charge in [0.25, 0.3) is 5.22 Å². The molecule has 0 bridgehead atoms. The Bertz CT molecular complexity index is 1170. The maximum absolute atomic E-state index is 11.9. The molecule has 0 aliphatic rings. The van der Waals surface area contributed by atoms with Crippen molar-refractivity contribution in [3.63, 3.8) is 0 Å². The molecule has 34 heavy (non-hydrogen) atoms. The zero-order valence-corrected chi connectivity index (χ0v) is 19.8. The molecule has 9 nitrogen and oxygen atoms in total. The summed E-state index contributed by atoms with van der Waals surface area (Å²) in [6, 6.07) is 10.3. The fourth-order valence-corrected chi connectivity index (χ4v) is 3.50. The summed E-state index contributed by atoms with van der Waals surface area (Å²) < 4.78 is 27.4. The van der Waals surface area contributed by atoms with E-state index in [1.165, 1.54) is 20.3 Å². The van der Waals surface area contributed by atoms with Gasteiger partial charge >= 0.3 is 5.97 Å². The lowest BCUT2D eigenvalue weighted by Crippen LogP contribution is -2.00. The van der Waals surface area contributed by atoms with Crippen LogP contribution in [0.3, 0.4) is 0 Å². The minimum atomic E-state index is -1.14. The van der Waals surface area contributed by atoms with Gasteiger partial charge in [-0.15, -0.1) is 10.2 Å². The minimum absolute atomic E-state index is 0.0133. The van der Waals surface area contributed by atoms with Crippen molar-refractivity contribution in [3.05, 3.63) is 59.5 Å². The molecule has 0 aliphatic carbocycles. The third-order valence-corrected chi connectivity index (χ3v) is 5.19. The van der Waals surface area contributed by atoms with E-state index in [1.54, 1.807) is 42.5 Å². The number of hydrogen-bond acceptors (Lipinski definition) is 9. The highest BCUT2D eigenvalue weighted by Crippen LogP contribution is 2.34. The highest BCUT2D eigenvalue weighted by molar-refractivity contribution is 8.03. The molecule has 0 spiro atoms. The van der Waals surface area contributed by atoms with Gasteiger partial charge in [-0.1, -0.05) is 18.7 Å². The Hall–Kier alpha value is -3.92. The van der Waals surface area contributed by atoms with Crippen LogP contribution in [0.2, 0.25) is 0 Å². The zero-order chi connectivity index (χ0) is 24.5. The number of aliphatic carboxylic acids is 1.